The molecule has 8 nitrogen and oxygen atoms in total. The first-order chi connectivity index (χ1) is 16.3. The van der Waals surface area contributed by atoms with Crippen LogP contribution in [0.5, 0.6) is 5.75 Å². The smallest absolute Gasteiger partial charge is 0.251 e. The van der Waals surface area contributed by atoms with Crippen molar-refractivity contribution < 1.29 is 17.9 Å². The predicted octanol–water partition coefficient (Wildman–Crippen LogP) is 3.20. The molecule has 176 valence electrons. The number of carbonyl (C=O) groups is 1. The van der Waals surface area contributed by atoms with Gasteiger partial charge in [-0.1, -0.05) is 36.4 Å². The SMILES string of the molecule is CNS(=O)(=O)Cc1ccccc1CNC(=O)c1cccc(OCc2cn3cc(C)ccc3n2)c1. The van der Waals surface area contributed by atoms with Gasteiger partial charge >= 0.3 is 0 Å². The maximum atomic E-state index is 12.7. The molecule has 0 aliphatic rings. The van der Waals surface area contributed by atoms with E-state index in [4.69, 9.17) is 4.74 Å². The average Bonchev–Trinajstić information content (AvgIpc) is 3.24. The number of rotatable bonds is 9. The lowest BCUT2D eigenvalue weighted by Crippen LogP contribution is -2.25. The first kappa shape index (κ1) is 23.5. The van der Waals surface area contributed by atoms with Crippen LogP contribution in [0.3, 0.4) is 0 Å². The number of aromatic nitrogens is 2. The lowest BCUT2D eigenvalue weighted by Gasteiger charge is -2.11. The summed E-state index contributed by atoms with van der Waals surface area (Å²) in [5, 5.41) is 2.86. The molecule has 0 radical (unpaired) electrons. The highest BCUT2D eigenvalue weighted by atomic mass is 32.2. The molecule has 4 rings (SSSR count). The van der Waals surface area contributed by atoms with Crippen LogP contribution in [0, 0.1) is 6.92 Å². The summed E-state index contributed by atoms with van der Waals surface area (Å²) < 4.78 is 34.0. The molecule has 4 aromatic rings. The molecule has 0 spiro atoms. The van der Waals surface area contributed by atoms with Gasteiger partial charge in [-0.2, -0.15) is 0 Å². The van der Waals surface area contributed by atoms with Crippen molar-refractivity contribution in [2.75, 3.05) is 7.05 Å². The van der Waals surface area contributed by atoms with Gasteiger partial charge in [0.1, 0.15) is 18.0 Å². The van der Waals surface area contributed by atoms with Gasteiger partial charge in [0.15, 0.2) is 0 Å². The third-order valence-corrected chi connectivity index (χ3v) is 6.66. The third-order valence-electron chi connectivity index (χ3n) is 5.35. The zero-order chi connectivity index (χ0) is 24.1. The van der Waals surface area contributed by atoms with Crippen LogP contribution in [0.2, 0.25) is 0 Å². The van der Waals surface area contributed by atoms with Crippen LogP contribution in [0.15, 0.2) is 73.1 Å². The van der Waals surface area contributed by atoms with Gasteiger partial charge in [0.2, 0.25) is 10.0 Å². The Labute approximate surface area is 198 Å². The van der Waals surface area contributed by atoms with Gasteiger partial charge in [0.25, 0.3) is 5.91 Å². The van der Waals surface area contributed by atoms with Crippen molar-refractivity contribution in [3.8, 4) is 5.75 Å². The van der Waals surface area contributed by atoms with E-state index in [1.807, 2.05) is 41.9 Å². The fraction of sp³-hybridized carbons (Fsp3) is 0.200. The van der Waals surface area contributed by atoms with Crippen LogP contribution < -0.4 is 14.8 Å². The van der Waals surface area contributed by atoms with E-state index in [9.17, 15) is 13.2 Å². The van der Waals surface area contributed by atoms with Crippen LogP contribution >= 0.6 is 0 Å². The Kier molecular flexibility index (Phi) is 6.95. The van der Waals surface area contributed by atoms with Gasteiger partial charge in [0, 0.05) is 24.5 Å². The number of hydrogen-bond donors (Lipinski definition) is 2. The number of hydrogen-bond acceptors (Lipinski definition) is 5. The molecule has 9 heteroatoms. The number of amides is 1. The Hall–Kier alpha value is -3.69. The Bertz CT molecular complexity index is 1430. The number of carbonyl (C=O) groups excluding carboxylic acids is 1. The van der Waals surface area contributed by atoms with Crippen LogP contribution in [-0.4, -0.2) is 30.8 Å². The van der Waals surface area contributed by atoms with Crippen LogP contribution in [0.4, 0.5) is 0 Å². The van der Waals surface area contributed by atoms with Gasteiger partial charge in [0.05, 0.1) is 11.4 Å². The molecule has 2 aromatic carbocycles. The minimum absolute atomic E-state index is 0.151. The standard InChI is InChI=1S/C25H26N4O4S/c1-18-10-11-24-28-22(15-29(24)14-18)16-33-23-9-5-8-19(12-23)25(30)27-13-20-6-3-4-7-21(20)17-34(31,32)26-2/h3-12,14-15,26H,13,16-17H2,1-2H3,(H,27,30). The molecule has 2 N–H and O–H groups in total. The highest BCUT2D eigenvalue weighted by Gasteiger charge is 2.13. The molecule has 0 saturated carbocycles. The van der Waals surface area contributed by atoms with Gasteiger partial charge in [-0.15, -0.1) is 0 Å². The van der Waals surface area contributed by atoms with Crippen LogP contribution in [-0.2, 0) is 28.9 Å². The number of aryl methyl sites for hydroxylation is 1. The molecule has 0 aliphatic carbocycles. The number of ether oxygens (including phenoxy) is 1. The van der Waals surface area contributed by atoms with E-state index in [2.05, 4.69) is 15.0 Å². The Morgan fingerprint density at radius 1 is 1.03 bits per heavy atom. The van der Waals surface area contributed by atoms with E-state index in [0.717, 1.165) is 22.5 Å². The van der Waals surface area contributed by atoms with E-state index in [0.29, 0.717) is 16.9 Å². The number of fused-ring (bicyclic) bond motifs is 1. The number of benzene rings is 2. The highest BCUT2D eigenvalue weighted by molar-refractivity contribution is 7.88. The molecule has 0 unspecified atom stereocenters. The molecule has 2 heterocycles. The molecule has 2 aromatic heterocycles. The van der Waals surface area contributed by atoms with Crippen molar-refractivity contribution in [2.45, 2.75) is 25.8 Å². The van der Waals surface area contributed by atoms with Crippen molar-refractivity contribution in [1.82, 2.24) is 19.4 Å². The lowest BCUT2D eigenvalue weighted by molar-refractivity contribution is 0.0950. The van der Waals surface area contributed by atoms with Crippen molar-refractivity contribution >= 4 is 21.6 Å². The van der Waals surface area contributed by atoms with E-state index in [-0.39, 0.29) is 24.8 Å². The van der Waals surface area contributed by atoms with E-state index < -0.39 is 10.0 Å². The number of nitrogens with zero attached hydrogens (tertiary/aromatic N) is 2. The zero-order valence-corrected chi connectivity index (χ0v) is 19.8. The molecule has 34 heavy (non-hydrogen) atoms. The molecule has 0 bridgehead atoms. The number of nitrogens with one attached hydrogen (secondary N) is 2. The van der Waals surface area contributed by atoms with Crippen molar-refractivity contribution in [3.63, 3.8) is 0 Å². The first-order valence-corrected chi connectivity index (χ1v) is 12.4. The monoisotopic (exact) mass is 478 g/mol. The fourth-order valence-electron chi connectivity index (χ4n) is 3.53. The van der Waals surface area contributed by atoms with Gasteiger partial charge < -0.3 is 14.5 Å². The largest absolute Gasteiger partial charge is 0.487 e. The normalized spacial score (nSPS) is 11.5. The quantitative estimate of drug-likeness (QED) is 0.385. The molecule has 0 aliphatic heterocycles. The second-order valence-electron chi connectivity index (χ2n) is 7.94. The summed E-state index contributed by atoms with van der Waals surface area (Å²) in [5.41, 5.74) is 4.60. The van der Waals surface area contributed by atoms with Gasteiger partial charge in [-0.25, -0.2) is 18.1 Å². The molecular formula is C25H26N4O4S. The van der Waals surface area contributed by atoms with Crippen molar-refractivity contribution in [2.24, 2.45) is 0 Å². The van der Waals surface area contributed by atoms with E-state index in [1.165, 1.54) is 7.05 Å². The minimum atomic E-state index is -3.42. The number of imidazole rings is 1. The topological polar surface area (TPSA) is 102 Å². The van der Waals surface area contributed by atoms with E-state index in [1.54, 1.807) is 42.5 Å². The van der Waals surface area contributed by atoms with E-state index >= 15 is 0 Å². The fourth-order valence-corrected chi connectivity index (χ4v) is 4.37. The summed E-state index contributed by atoms with van der Waals surface area (Å²) in [4.78, 5) is 17.3. The first-order valence-electron chi connectivity index (χ1n) is 10.8. The highest BCUT2D eigenvalue weighted by Crippen LogP contribution is 2.17. The molecule has 0 atom stereocenters. The van der Waals surface area contributed by atoms with Crippen molar-refractivity contribution in [3.05, 3.63) is 101 Å². The molecule has 1 amide bonds. The Morgan fingerprint density at radius 3 is 2.62 bits per heavy atom. The molecule has 0 saturated heterocycles. The average molecular weight is 479 g/mol. The molecular weight excluding hydrogens is 452 g/mol. The maximum absolute atomic E-state index is 12.7. The molecule has 0 fully saturated rings. The summed E-state index contributed by atoms with van der Waals surface area (Å²) in [7, 11) is -2.04. The minimum Gasteiger partial charge on any atom is -0.487 e. The van der Waals surface area contributed by atoms with Gasteiger partial charge in [-0.3, -0.25) is 4.79 Å². The maximum Gasteiger partial charge on any atom is 0.251 e. The van der Waals surface area contributed by atoms with Crippen LogP contribution in [0.25, 0.3) is 5.65 Å². The Balaban J connectivity index is 1.39. The zero-order valence-electron chi connectivity index (χ0n) is 19.0. The number of sulfonamides is 1. The summed E-state index contributed by atoms with van der Waals surface area (Å²) in [6, 6.07) is 18.0. The second-order valence-corrected chi connectivity index (χ2v) is 9.86. The second kappa shape index (κ2) is 10.1. The number of pyridine rings is 1. The summed E-state index contributed by atoms with van der Waals surface area (Å²) in [6.45, 7) is 2.51. The predicted molar refractivity (Wildman–Crippen MR) is 130 cm³/mol. The Morgan fingerprint density at radius 2 is 1.82 bits per heavy atom. The summed E-state index contributed by atoms with van der Waals surface area (Å²) in [5.74, 6) is 0.128. The summed E-state index contributed by atoms with van der Waals surface area (Å²) in [6.07, 6.45) is 3.92. The third kappa shape index (κ3) is 5.81. The van der Waals surface area contributed by atoms with Crippen LogP contribution in [0.1, 0.15) is 32.7 Å². The van der Waals surface area contributed by atoms with Crippen molar-refractivity contribution in [1.29, 1.82) is 0 Å². The van der Waals surface area contributed by atoms with Gasteiger partial charge in [-0.05, 0) is 54.9 Å². The summed E-state index contributed by atoms with van der Waals surface area (Å²) >= 11 is 0. The lowest BCUT2D eigenvalue weighted by atomic mass is 10.1.